The molecule has 2 aromatic rings. The highest BCUT2D eigenvalue weighted by Gasteiger charge is 2.24. The molecule has 0 radical (unpaired) electrons. The minimum Gasteiger partial charge on any atom is -0.367 e. The van der Waals surface area contributed by atoms with Crippen molar-refractivity contribution in [1.82, 2.24) is 14.2 Å². The summed E-state index contributed by atoms with van der Waals surface area (Å²) in [5, 5.41) is 4.35. The zero-order valence-corrected chi connectivity index (χ0v) is 20.2. The van der Waals surface area contributed by atoms with E-state index in [-0.39, 0.29) is 10.7 Å². The van der Waals surface area contributed by atoms with E-state index in [9.17, 15) is 4.79 Å². The first-order valence-electron chi connectivity index (χ1n) is 10.9. The zero-order chi connectivity index (χ0) is 21.3. The minimum atomic E-state index is 0.00666. The molecule has 164 valence electrons. The third kappa shape index (κ3) is 5.10. The SMILES string of the molecule is CN1CCN(c2cc3nc(C(C)(C)C)sc3cc2NC(=O)SN2CCCCC2)CC1. The number of fused-ring (bicyclic) bond motifs is 1. The number of rotatable bonds is 3. The number of carbonyl (C=O) groups excluding carboxylic acids is 1. The van der Waals surface area contributed by atoms with Gasteiger partial charge in [0.05, 0.1) is 26.6 Å². The summed E-state index contributed by atoms with van der Waals surface area (Å²) < 4.78 is 3.33. The van der Waals surface area contributed by atoms with Gasteiger partial charge in [0.1, 0.15) is 0 Å². The Balaban J connectivity index is 1.62. The molecule has 4 rings (SSSR count). The number of likely N-dealkylation sites (N-methyl/N-ethyl adjacent to an activating group) is 1. The number of aromatic nitrogens is 1. The van der Waals surface area contributed by atoms with E-state index < -0.39 is 0 Å². The van der Waals surface area contributed by atoms with Gasteiger partial charge in [0.25, 0.3) is 5.24 Å². The van der Waals surface area contributed by atoms with Gasteiger partial charge >= 0.3 is 0 Å². The third-order valence-corrected chi connectivity index (χ3v) is 8.09. The fraction of sp³-hybridized carbons (Fsp3) is 0.636. The number of piperidine rings is 1. The molecule has 1 aromatic heterocycles. The van der Waals surface area contributed by atoms with Crippen LogP contribution in [0.4, 0.5) is 16.2 Å². The molecule has 2 aliphatic heterocycles. The number of anilines is 2. The van der Waals surface area contributed by atoms with Gasteiger partial charge in [-0.1, -0.05) is 27.2 Å². The lowest BCUT2D eigenvalue weighted by Crippen LogP contribution is -2.44. The molecule has 1 N–H and O–H groups in total. The van der Waals surface area contributed by atoms with Crippen molar-refractivity contribution in [2.24, 2.45) is 0 Å². The van der Waals surface area contributed by atoms with Crippen LogP contribution in [-0.4, -0.2) is 65.7 Å². The van der Waals surface area contributed by atoms with Crippen LogP contribution in [0.5, 0.6) is 0 Å². The summed E-state index contributed by atoms with van der Waals surface area (Å²) in [6.07, 6.45) is 3.62. The van der Waals surface area contributed by atoms with Gasteiger partial charge in [0, 0.05) is 56.6 Å². The van der Waals surface area contributed by atoms with E-state index in [1.807, 2.05) is 0 Å². The maximum absolute atomic E-state index is 12.8. The third-order valence-electron chi connectivity index (χ3n) is 5.76. The van der Waals surface area contributed by atoms with Gasteiger partial charge in [-0.2, -0.15) is 0 Å². The average Bonchev–Trinajstić information content (AvgIpc) is 3.12. The van der Waals surface area contributed by atoms with Gasteiger partial charge in [0.2, 0.25) is 0 Å². The minimum absolute atomic E-state index is 0.00666. The normalized spacial score (nSPS) is 19.4. The van der Waals surface area contributed by atoms with E-state index >= 15 is 0 Å². The fourth-order valence-corrected chi connectivity index (χ4v) is 5.77. The van der Waals surface area contributed by atoms with Crippen molar-refractivity contribution in [2.45, 2.75) is 45.4 Å². The Morgan fingerprint density at radius 1 is 1.07 bits per heavy atom. The number of piperazine rings is 1. The van der Waals surface area contributed by atoms with Crippen molar-refractivity contribution in [2.75, 3.05) is 56.5 Å². The Morgan fingerprint density at radius 2 is 1.77 bits per heavy atom. The molecular weight excluding hydrogens is 414 g/mol. The molecule has 1 amide bonds. The van der Waals surface area contributed by atoms with Gasteiger partial charge in [-0.25, -0.2) is 9.29 Å². The maximum Gasteiger partial charge on any atom is 0.298 e. The van der Waals surface area contributed by atoms with Crippen molar-refractivity contribution in [1.29, 1.82) is 0 Å². The summed E-state index contributed by atoms with van der Waals surface area (Å²) in [5.74, 6) is 0. The summed E-state index contributed by atoms with van der Waals surface area (Å²) in [5.41, 5.74) is 3.05. The average molecular weight is 448 g/mol. The van der Waals surface area contributed by atoms with E-state index in [2.05, 4.69) is 59.4 Å². The lowest BCUT2D eigenvalue weighted by atomic mass is 9.98. The Bertz CT molecular complexity index is 893. The summed E-state index contributed by atoms with van der Waals surface area (Å²) in [6.45, 7) is 12.5. The fourth-order valence-electron chi connectivity index (χ4n) is 3.90. The molecule has 30 heavy (non-hydrogen) atoms. The lowest BCUT2D eigenvalue weighted by Gasteiger charge is -2.35. The van der Waals surface area contributed by atoms with Crippen LogP contribution in [0, 0.1) is 0 Å². The molecule has 2 fully saturated rings. The zero-order valence-electron chi connectivity index (χ0n) is 18.5. The Labute approximate surface area is 188 Å². The first-order valence-corrected chi connectivity index (χ1v) is 12.5. The number of nitrogens with zero attached hydrogens (tertiary/aromatic N) is 4. The monoisotopic (exact) mass is 447 g/mol. The van der Waals surface area contributed by atoms with Gasteiger partial charge in [-0.15, -0.1) is 11.3 Å². The van der Waals surface area contributed by atoms with E-state index in [0.29, 0.717) is 0 Å². The molecule has 0 spiro atoms. The van der Waals surface area contributed by atoms with Crippen LogP contribution in [0.2, 0.25) is 0 Å². The molecule has 0 atom stereocenters. The number of hydrogen-bond acceptors (Lipinski definition) is 7. The van der Waals surface area contributed by atoms with Crippen LogP contribution < -0.4 is 10.2 Å². The van der Waals surface area contributed by atoms with Crippen LogP contribution >= 0.6 is 23.3 Å². The molecule has 3 heterocycles. The summed E-state index contributed by atoms with van der Waals surface area (Å²) in [6, 6.07) is 4.30. The van der Waals surface area contributed by atoms with E-state index in [0.717, 1.165) is 65.9 Å². The van der Waals surface area contributed by atoms with E-state index in [1.165, 1.54) is 31.2 Å². The van der Waals surface area contributed by atoms with Crippen molar-refractivity contribution in [3.63, 3.8) is 0 Å². The number of hydrogen-bond donors (Lipinski definition) is 1. The molecule has 1 aromatic carbocycles. The second-order valence-electron chi connectivity index (χ2n) is 9.39. The van der Waals surface area contributed by atoms with Crippen molar-refractivity contribution in [3.8, 4) is 0 Å². The van der Waals surface area contributed by atoms with Crippen molar-refractivity contribution >= 4 is 50.1 Å². The van der Waals surface area contributed by atoms with Gasteiger partial charge < -0.3 is 15.1 Å². The Kier molecular flexibility index (Phi) is 6.58. The van der Waals surface area contributed by atoms with Crippen LogP contribution in [0.1, 0.15) is 45.0 Å². The molecule has 2 saturated heterocycles. The number of benzene rings is 1. The van der Waals surface area contributed by atoms with Crippen molar-refractivity contribution in [3.05, 3.63) is 17.1 Å². The Hall–Kier alpha value is -1.35. The predicted molar refractivity (Wildman–Crippen MR) is 130 cm³/mol. The molecule has 8 heteroatoms. The molecule has 6 nitrogen and oxygen atoms in total. The molecular formula is C22H33N5OS2. The van der Waals surface area contributed by atoms with Gasteiger partial charge in [-0.3, -0.25) is 4.79 Å². The molecule has 2 aliphatic rings. The second-order valence-corrected chi connectivity index (χ2v) is 11.5. The van der Waals surface area contributed by atoms with Gasteiger partial charge in [0.15, 0.2) is 0 Å². The second kappa shape index (κ2) is 9.02. The smallest absolute Gasteiger partial charge is 0.298 e. The number of carbonyl (C=O) groups is 1. The quantitative estimate of drug-likeness (QED) is 0.668. The number of nitrogens with one attached hydrogen (secondary N) is 1. The van der Waals surface area contributed by atoms with Crippen LogP contribution in [0.25, 0.3) is 10.2 Å². The Morgan fingerprint density at radius 3 is 2.43 bits per heavy atom. The van der Waals surface area contributed by atoms with Crippen LogP contribution in [0.3, 0.4) is 0 Å². The number of amides is 1. The van der Waals surface area contributed by atoms with Crippen molar-refractivity contribution < 1.29 is 4.79 Å². The highest BCUT2D eigenvalue weighted by molar-refractivity contribution is 8.11. The first kappa shape index (κ1) is 21.9. The molecule has 0 aliphatic carbocycles. The first-order chi connectivity index (χ1) is 14.3. The molecule has 0 saturated carbocycles. The van der Waals surface area contributed by atoms with Gasteiger partial charge in [-0.05, 0) is 32.0 Å². The van der Waals surface area contributed by atoms with Crippen LogP contribution in [0.15, 0.2) is 12.1 Å². The van der Waals surface area contributed by atoms with Crippen LogP contribution in [-0.2, 0) is 5.41 Å². The number of thiazole rings is 1. The van der Waals surface area contributed by atoms with E-state index in [1.54, 1.807) is 11.3 Å². The topological polar surface area (TPSA) is 51.7 Å². The summed E-state index contributed by atoms with van der Waals surface area (Å²) >= 11 is 3.06. The van der Waals surface area contributed by atoms with E-state index in [4.69, 9.17) is 4.98 Å². The highest BCUT2D eigenvalue weighted by Crippen LogP contribution is 2.38. The molecule has 0 bridgehead atoms. The maximum atomic E-state index is 12.8. The lowest BCUT2D eigenvalue weighted by molar-refractivity contribution is 0.268. The molecule has 0 unspecified atom stereocenters. The summed E-state index contributed by atoms with van der Waals surface area (Å²) in [7, 11) is 2.16. The summed E-state index contributed by atoms with van der Waals surface area (Å²) in [4.78, 5) is 22.5. The standard InChI is InChI=1S/C22H33N5OS2/c1-22(2,3)20-23-17-14-18(26-12-10-25(4)11-13-26)16(15-19(17)29-20)24-21(28)30-27-8-6-5-7-9-27/h14-15H,5-13H2,1-4H3,(H,24,28). The highest BCUT2D eigenvalue weighted by atomic mass is 32.2. The largest absolute Gasteiger partial charge is 0.367 e. The predicted octanol–water partition coefficient (Wildman–Crippen LogP) is 5.01.